The zero-order chi connectivity index (χ0) is 13.7. The number of rotatable bonds is 2. The van der Waals surface area contributed by atoms with Gasteiger partial charge in [-0.1, -0.05) is 11.6 Å². The Bertz CT molecular complexity index is 509. The molecule has 0 saturated carbocycles. The molecule has 9 heteroatoms. The fraction of sp³-hybridized carbons (Fsp3) is 0.111. The molecule has 0 aliphatic heterocycles. The van der Waals surface area contributed by atoms with Crippen molar-refractivity contribution < 1.29 is 9.72 Å². The number of halogens is 1. The molecule has 18 heavy (non-hydrogen) atoms. The fourth-order valence-corrected chi connectivity index (χ4v) is 1.35. The van der Waals surface area contributed by atoms with E-state index in [1.54, 1.807) is 0 Å². The Morgan fingerprint density at radius 1 is 1.44 bits per heavy atom. The lowest BCUT2D eigenvalue weighted by atomic mass is 10.3. The number of benzene rings is 1. The molecule has 0 aliphatic rings. The number of hydrogen-bond donors (Lipinski definition) is 3. The van der Waals surface area contributed by atoms with Crippen LogP contribution in [0.25, 0.3) is 0 Å². The van der Waals surface area contributed by atoms with E-state index in [9.17, 15) is 14.9 Å². The highest BCUT2D eigenvalue weighted by Crippen LogP contribution is 2.26. The van der Waals surface area contributed by atoms with Crippen LogP contribution in [0.15, 0.2) is 18.2 Å². The molecule has 7 nitrogen and oxygen atoms in total. The molecule has 0 heterocycles. The van der Waals surface area contributed by atoms with Crippen molar-refractivity contribution in [1.82, 2.24) is 10.9 Å². The number of nitrogens with one attached hydrogen (secondary N) is 3. The SMILES string of the molecule is CC(=O)NNC(=S)Nc1cc([N+](=O)[O-])ccc1Cl. The first-order chi connectivity index (χ1) is 8.40. The number of nitrogens with zero attached hydrogens (tertiary/aromatic N) is 1. The maximum absolute atomic E-state index is 10.6. The van der Waals surface area contributed by atoms with Crippen LogP contribution in [0.3, 0.4) is 0 Å². The average Bonchev–Trinajstić information content (AvgIpc) is 2.29. The number of carbonyl (C=O) groups is 1. The van der Waals surface area contributed by atoms with Crippen molar-refractivity contribution in [2.45, 2.75) is 6.92 Å². The molecule has 0 aliphatic carbocycles. The van der Waals surface area contributed by atoms with E-state index in [4.69, 9.17) is 23.8 Å². The quantitative estimate of drug-likeness (QED) is 0.434. The van der Waals surface area contributed by atoms with Gasteiger partial charge in [-0.05, 0) is 18.3 Å². The summed E-state index contributed by atoms with van der Waals surface area (Å²) in [6.07, 6.45) is 0. The fourth-order valence-electron chi connectivity index (χ4n) is 1.02. The van der Waals surface area contributed by atoms with Crippen LogP contribution in [0.5, 0.6) is 0 Å². The zero-order valence-electron chi connectivity index (χ0n) is 9.19. The summed E-state index contributed by atoms with van der Waals surface area (Å²) < 4.78 is 0. The molecule has 1 aromatic carbocycles. The van der Waals surface area contributed by atoms with Crippen molar-refractivity contribution in [3.8, 4) is 0 Å². The van der Waals surface area contributed by atoms with Crippen LogP contribution in [0.2, 0.25) is 5.02 Å². The van der Waals surface area contributed by atoms with Crippen molar-refractivity contribution in [2.75, 3.05) is 5.32 Å². The normalized spacial score (nSPS) is 9.44. The van der Waals surface area contributed by atoms with Crippen molar-refractivity contribution >= 4 is 46.2 Å². The first-order valence-corrected chi connectivity index (χ1v) is 5.46. The second-order valence-electron chi connectivity index (χ2n) is 3.18. The molecule has 3 N–H and O–H groups in total. The van der Waals surface area contributed by atoms with Crippen LogP contribution in [0, 0.1) is 10.1 Å². The van der Waals surface area contributed by atoms with E-state index in [0.29, 0.717) is 0 Å². The largest absolute Gasteiger partial charge is 0.330 e. The smallest absolute Gasteiger partial charge is 0.271 e. The molecule has 0 fully saturated rings. The van der Waals surface area contributed by atoms with E-state index in [0.717, 1.165) is 0 Å². The van der Waals surface area contributed by atoms with Gasteiger partial charge in [0, 0.05) is 19.1 Å². The van der Waals surface area contributed by atoms with E-state index in [1.807, 2.05) is 0 Å². The summed E-state index contributed by atoms with van der Waals surface area (Å²) in [5, 5.41) is 13.6. The maximum atomic E-state index is 10.6. The third kappa shape index (κ3) is 4.15. The van der Waals surface area contributed by atoms with Crippen molar-refractivity contribution in [2.24, 2.45) is 0 Å². The Labute approximate surface area is 113 Å². The first-order valence-electron chi connectivity index (χ1n) is 4.67. The lowest BCUT2D eigenvalue weighted by molar-refractivity contribution is -0.384. The number of carbonyl (C=O) groups excluding carboxylic acids is 1. The van der Waals surface area contributed by atoms with Gasteiger partial charge < -0.3 is 5.32 Å². The number of hydrazine groups is 1. The second kappa shape index (κ2) is 6.12. The summed E-state index contributed by atoms with van der Waals surface area (Å²) in [4.78, 5) is 20.7. The van der Waals surface area contributed by atoms with Gasteiger partial charge in [-0.3, -0.25) is 25.8 Å². The molecular weight excluding hydrogens is 280 g/mol. The van der Waals surface area contributed by atoms with Crippen LogP contribution in [-0.2, 0) is 4.79 Å². The van der Waals surface area contributed by atoms with Gasteiger partial charge in [0.1, 0.15) is 0 Å². The Kier molecular flexibility index (Phi) is 4.81. The minimum Gasteiger partial charge on any atom is -0.330 e. The Morgan fingerprint density at radius 2 is 2.11 bits per heavy atom. The van der Waals surface area contributed by atoms with Crippen LogP contribution < -0.4 is 16.2 Å². The highest BCUT2D eigenvalue weighted by Gasteiger charge is 2.10. The molecule has 1 aromatic rings. The van der Waals surface area contributed by atoms with Gasteiger partial charge in [-0.15, -0.1) is 0 Å². The highest BCUT2D eigenvalue weighted by atomic mass is 35.5. The molecule has 0 saturated heterocycles. The first kappa shape index (κ1) is 14.1. The second-order valence-corrected chi connectivity index (χ2v) is 4.00. The number of anilines is 1. The molecule has 0 aromatic heterocycles. The van der Waals surface area contributed by atoms with E-state index in [-0.39, 0.29) is 27.4 Å². The van der Waals surface area contributed by atoms with Crippen molar-refractivity contribution in [3.05, 3.63) is 33.3 Å². The van der Waals surface area contributed by atoms with Gasteiger partial charge in [0.15, 0.2) is 5.11 Å². The van der Waals surface area contributed by atoms with E-state index in [1.165, 1.54) is 25.1 Å². The lowest BCUT2D eigenvalue weighted by Gasteiger charge is -2.11. The topological polar surface area (TPSA) is 96.3 Å². The molecule has 0 bridgehead atoms. The number of thiocarbonyl (C=S) groups is 1. The van der Waals surface area contributed by atoms with Gasteiger partial charge in [0.05, 0.1) is 15.6 Å². The molecule has 0 atom stereocenters. The molecule has 0 unspecified atom stereocenters. The third-order valence-electron chi connectivity index (χ3n) is 1.76. The molecule has 0 radical (unpaired) electrons. The number of amides is 1. The third-order valence-corrected chi connectivity index (χ3v) is 2.29. The molecule has 1 rings (SSSR count). The molecule has 0 spiro atoms. The molecular formula is C9H9ClN4O3S. The maximum Gasteiger partial charge on any atom is 0.271 e. The van der Waals surface area contributed by atoms with Crippen molar-refractivity contribution in [1.29, 1.82) is 0 Å². The van der Waals surface area contributed by atoms with Gasteiger partial charge in [0.2, 0.25) is 5.91 Å². The van der Waals surface area contributed by atoms with Gasteiger partial charge in [-0.2, -0.15) is 0 Å². The summed E-state index contributed by atoms with van der Waals surface area (Å²) in [6, 6.07) is 3.89. The Balaban J connectivity index is 2.77. The van der Waals surface area contributed by atoms with E-state index < -0.39 is 4.92 Å². The standard InChI is InChI=1S/C9H9ClN4O3S/c1-5(15)12-13-9(18)11-8-4-6(14(16)17)2-3-7(8)10/h2-4H,1H3,(H,12,15)(H2,11,13,18). The lowest BCUT2D eigenvalue weighted by Crippen LogP contribution is -2.42. The van der Waals surface area contributed by atoms with Crippen LogP contribution in [-0.4, -0.2) is 15.9 Å². The highest BCUT2D eigenvalue weighted by molar-refractivity contribution is 7.80. The summed E-state index contributed by atoms with van der Waals surface area (Å²) in [7, 11) is 0. The van der Waals surface area contributed by atoms with Crippen molar-refractivity contribution in [3.63, 3.8) is 0 Å². The number of nitro benzene ring substituents is 1. The Hall–Kier alpha value is -1.93. The molecule has 1 amide bonds. The van der Waals surface area contributed by atoms with Crippen LogP contribution in [0.4, 0.5) is 11.4 Å². The van der Waals surface area contributed by atoms with E-state index >= 15 is 0 Å². The number of hydrogen-bond acceptors (Lipinski definition) is 4. The average molecular weight is 289 g/mol. The molecule has 96 valence electrons. The summed E-state index contributed by atoms with van der Waals surface area (Å²) >= 11 is 10.7. The number of non-ortho nitro benzene ring substituents is 1. The van der Waals surface area contributed by atoms with Gasteiger partial charge in [0.25, 0.3) is 5.69 Å². The van der Waals surface area contributed by atoms with Crippen LogP contribution in [0.1, 0.15) is 6.92 Å². The minimum absolute atomic E-state index is 0.0626. The summed E-state index contributed by atoms with van der Waals surface area (Å²) in [5.74, 6) is -0.329. The minimum atomic E-state index is -0.550. The Morgan fingerprint density at radius 3 is 2.67 bits per heavy atom. The van der Waals surface area contributed by atoms with Gasteiger partial charge in [-0.25, -0.2) is 0 Å². The van der Waals surface area contributed by atoms with Crippen LogP contribution >= 0.6 is 23.8 Å². The zero-order valence-corrected chi connectivity index (χ0v) is 10.8. The summed E-state index contributed by atoms with van der Waals surface area (Å²) in [5.41, 5.74) is 4.80. The number of nitro groups is 1. The van der Waals surface area contributed by atoms with E-state index in [2.05, 4.69) is 16.2 Å². The predicted octanol–water partition coefficient (Wildman–Crippen LogP) is 1.59. The predicted molar refractivity (Wildman–Crippen MR) is 71.3 cm³/mol. The summed E-state index contributed by atoms with van der Waals surface area (Å²) in [6.45, 7) is 1.30. The monoisotopic (exact) mass is 288 g/mol. The van der Waals surface area contributed by atoms with Gasteiger partial charge >= 0.3 is 0 Å².